The van der Waals surface area contributed by atoms with Crippen molar-refractivity contribution in [3.05, 3.63) is 34.4 Å². The number of amides is 3. The lowest BCUT2D eigenvalue weighted by atomic mass is 9.45. The molecule has 0 saturated heterocycles. The van der Waals surface area contributed by atoms with Crippen LogP contribution in [-0.4, -0.2) is 143 Å². The van der Waals surface area contributed by atoms with Crippen molar-refractivity contribution in [3.8, 4) is 5.75 Å². The Bertz CT molecular complexity index is 1650. The highest BCUT2D eigenvalue weighted by atomic mass is 16.3. The molecule has 53 heavy (non-hydrogen) atoms. The summed E-state index contributed by atoms with van der Waals surface area (Å²) in [6.45, 7) is 3.13. The van der Waals surface area contributed by atoms with E-state index in [0.717, 1.165) is 0 Å². The minimum atomic E-state index is -2.20. The second kappa shape index (κ2) is 18.7. The normalized spacial score (nSPS) is 14.0. The number of nitrogens with two attached hydrogens (primary N) is 4. The molecule has 12 N–H and O–H groups in total. The molecule has 2 aromatic rings. The number of nitrogens with zero attached hydrogens (tertiary/aromatic N) is 1. The Morgan fingerprint density at radius 1 is 0.849 bits per heavy atom. The molecule has 2 rings (SSSR count). The molecule has 0 aliphatic carbocycles. The van der Waals surface area contributed by atoms with Crippen LogP contribution in [0.5, 0.6) is 5.75 Å². The highest BCUT2D eigenvalue weighted by Gasteiger charge is 2.38. The summed E-state index contributed by atoms with van der Waals surface area (Å²) in [6, 6.07) is 0.617. The summed E-state index contributed by atoms with van der Waals surface area (Å²) in [5.41, 5.74) is 21.6. The SMILES string of the molecule is [B]c1c([B])c([B])c(C([B])([B])CNC(=O)[C@]([B])(CCCC([B])([B])N)NC(=O)[C@H](Cc2c(C)cc(O)cc2C)NC(=O)[C@H](N)CCCN=C(N)N)c([B])c1[B]. The van der Waals surface area contributed by atoms with Crippen LogP contribution in [0.3, 0.4) is 0 Å². The lowest BCUT2D eigenvalue weighted by molar-refractivity contribution is -0.133. The number of phenolic OH excluding ortho intramolecular Hbond substituents is 1. The van der Waals surface area contributed by atoms with Crippen LogP contribution in [0.2, 0.25) is 0 Å². The Balaban J connectivity index is 2.47. The number of hydrogen-bond donors (Lipinski definition) is 8. The smallest absolute Gasteiger partial charge is 0.243 e. The van der Waals surface area contributed by atoms with Gasteiger partial charge in [-0.25, -0.2) is 0 Å². The van der Waals surface area contributed by atoms with Gasteiger partial charge in [0.25, 0.3) is 0 Å². The van der Waals surface area contributed by atoms with Crippen molar-refractivity contribution in [2.24, 2.45) is 27.9 Å². The fraction of sp³-hybridized carbons (Fsp3) is 0.484. The van der Waals surface area contributed by atoms with E-state index in [2.05, 4.69) is 20.9 Å². The van der Waals surface area contributed by atoms with Gasteiger partial charge in [-0.1, -0.05) is 29.0 Å². The van der Waals surface area contributed by atoms with Crippen molar-refractivity contribution >= 4 is 129 Å². The maximum atomic E-state index is 14.1. The average molecular weight is 695 g/mol. The molecular formula is C31H38B10N8O4. The van der Waals surface area contributed by atoms with E-state index >= 15 is 0 Å². The molecule has 12 nitrogen and oxygen atoms in total. The topological polar surface area (TPSA) is 224 Å². The van der Waals surface area contributed by atoms with Crippen molar-refractivity contribution in [1.82, 2.24) is 16.0 Å². The second-order valence-electron chi connectivity index (χ2n) is 13.5. The summed E-state index contributed by atoms with van der Waals surface area (Å²) in [4.78, 5) is 45.2. The van der Waals surface area contributed by atoms with Gasteiger partial charge in [-0.05, 0) is 61.9 Å². The third-order valence-corrected chi connectivity index (χ3v) is 8.67. The summed E-state index contributed by atoms with van der Waals surface area (Å²) in [7, 11) is 60.9. The molecule has 0 spiro atoms. The summed E-state index contributed by atoms with van der Waals surface area (Å²) >= 11 is 0. The van der Waals surface area contributed by atoms with E-state index in [1.54, 1.807) is 13.8 Å². The Hall–Kier alpha value is -3.51. The van der Waals surface area contributed by atoms with Gasteiger partial charge in [-0.3, -0.25) is 19.4 Å². The standard InChI is InChI=1S/C31H38B10N8O4/c1-13-9-15(50)10-14(2)16(13)11-18(48-25(51)17(42)5-3-8-46-28(43)44)26(52)49-30(39,6-4-7-31(40,41)45)27(53)47-12-29(37,38)19-20(32)22(34)24(36)23(35)21(19)33/h9-10,17-18,50H,3-8,11-12,42,45H2,1-2H3,(H,47,53)(H,48,51)(H,49,52)(H4,43,44,46)/t17-,18+,30+/m1/s1. The number of carbonyl (C=O) groups excluding carboxylic acids is 3. The number of aromatic hydroxyl groups is 1. The van der Waals surface area contributed by atoms with Gasteiger partial charge in [-0.15, -0.1) is 27.3 Å². The van der Waals surface area contributed by atoms with Crippen LogP contribution >= 0.6 is 0 Å². The minimum Gasteiger partial charge on any atom is -0.508 e. The molecule has 22 heteroatoms. The van der Waals surface area contributed by atoms with Crippen molar-refractivity contribution in [3.63, 3.8) is 0 Å². The molecule has 0 aliphatic rings. The van der Waals surface area contributed by atoms with E-state index in [1.165, 1.54) is 12.1 Å². The molecule has 2 aromatic carbocycles. The minimum absolute atomic E-state index is 0.00811. The molecular weight excluding hydrogens is 657 g/mol. The molecule has 3 amide bonds. The predicted molar refractivity (Wildman–Crippen MR) is 220 cm³/mol. The molecule has 0 aromatic heterocycles. The van der Waals surface area contributed by atoms with Gasteiger partial charge in [-0.2, -0.15) is 0 Å². The maximum absolute atomic E-state index is 14.1. The summed E-state index contributed by atoms with van der Waals surface area (Å²) in [6.07, 6.45) is 0.227. The van der Waals surface area contributed by atoms with Gasteiger partial charge in [0, 0.05) is 19.5 Å². The van der Waals surface area contributed by atoms with Crippen LogP contribution < -0.4 is 66.2 Å². The Morgan fingerprint density at radius 2 is 1.38 bits per heavy atom. The van der Waals surface area contributed by atoms with E-state index in [4.69, 9.17) is 101 Å². The first-order chi connectivity index (χ1) is 24.3. The highest BCUT2D eigenvalue weighted by molar-refractivity contribution is 6.68. The number of rotatable bonds is 18. The molecule has 0 fully saturated rings. The van der Waals surface area contributed by atoms with Crippen molar-refractivity contribution in [2.75, 3.05) is 13.1 Å². The molecule has 3 atom stereocenters. The number of benzene rings is 2. The number of aryl methyl sites for hydroxylation is 2. The zero-order valence-electron chi connectivity index (χ0n) is 30.2. The fourth-order valence-electron chi connectivity index (χ4n) is 5.67. The molecule has 256 valence electrons. The summed E-state index contributed by atoms with van der Waals surface area (Å²) in [5, 5.41) is 14.2. The molecule has 0 heterocycles. The summed E-state index contributed by atoms with van der Waals surface area (Å²) in [5.74, 6) is -2.61. The molecule has 0 saturated carbocycles. The van der Waals surface area contributed by atoms with Gasteiger partial charge in [0.15, 0.2) is 5.96 Å². The molecule has 20 radical (unpaired) electrons. The number of nitrogens with one attached hydrogen (secondary N) is 3. The van der Waals surface area contributed by atoms with Crippen LogP contribution in [0.4, 0.5) is 0 Å². The summed E-state index contributed by atoms with van der Waals surface area (Å²) < 4.78 is 0. The van der Waals surface area contributed by atoms with Crippen LogP contribution in [0.15, 0.2) is 17.1 Å². The third-order valence-electron chi connectivity index (χ3n) is 8.67. The number of hydrogen-bond acceptors (Lipinski definition) is 7. The quantitative estimate of drug-likeness (QED) is 0.0323. The first-order valence-corrected chi connectivity index (χ1v) is 16.6. The molecule has 0 unspecified atom stereocenters. The largest absolute Gasteiger partial charge is 0.508 e. The van der Waals surface area contributed by atoms with Crippen LogP contribution in [-0.2, 0) is 26.0 Å². The van der Waals surface area contributed by atoms with Crippen LogP contribution in [0.25, 0.3) is 0 Å². The third kappa shape index (κ3) is 12.8. The van der Waals surface area contributed by atoms with Crippen molar-refractivity contribution in [2.45, 2.75) is 80.4 Å². The van der Waals surface area contributed by atoms with Gasteiger partial charge in [0.2, 0.25) is 17.7 Å². The lowest BCUT2D eigenvalue weighted by Gasteiger charge is -2.37. The Kier molecular flexibility index (Phi) is 16.1. The van der Waals surface area contributed by atoms with Gasteiger partial charge in [0.1, 0.15) is 58.9 Å². The van der Waals surface area contributed by atoms with Crippen molar-refractivity contribution in [1.29, 1.82) is 0 Å². The van der Waals surface area contributed by atoms with E-state index in [1.807, 2.05) is 0 Å². The Morgan fingerprint density at radius 3 is 1.89 bits per heavy atom. The Labute approximate surface area is 325 Å². The number of aliphatic imine (C=N–C) groups is 1. The number of phenols is 1. The second-order valence-corrected chi connectivity index (χ2v) is 13.5. The predicted octanol–water partition coefficient (Wildman–Crippen LogP) is -8.21. The number of carbonyl (C=O) groups is 3. The van der Waals surface area contributed by atoms with E-state index in [0.29, 0.717) is 23.1 Å². The monoisotopic (exact) mass is 696 g/mol. The molecule has 0 aliphatic heterocycles. The lowest BCUT2D eigenvalue weighted by Crippen LogP contribution is -2.65. The van der Waals surface area contributed by atoms with Gasteiger partial charge < -0.3 is 44.0 Å². The van der Waals surface area contributed by atoms with E-state index in [9.17, 15) is 19.5 Å². The van der Waals surface area contributed by atoms with Crippen LogP contribution in [0, 0.1) is 13.8 Å². The van der Waals surface area contributed by atoms with Crippen molar-refractivity contribution < 1.29 is 19.5 Å². The van der Waals surface area contributed by atoms with Gasteiger partial charge in [0.05, 0.1) is 42.9 Å². The van der Waals surface area contributed by atoms with E-state index < -0.39 is 52.3 Å². The maximum Gasteiger partial charge on any atom is 0.243 e. The fourth-order valence-corrected chi connectivity index (χ4v) is 5.67. The highest BCUT2D eigenvalue weighted by Crippen LogP contribution is 2.23. The zero-order valence-corrected chi connectivity index (χ0v) is 30.2. The average Bonchev–Trinajstić information content (AvgIpc) is 3.03. The van der Waals surface area contributed by atoms with Crippen LogP contribution in [0.1, 0.15) is 54.4 Å². The first kappa shape index (κ1) is 45.6. The zero-order chi connectivity index (χ0) is 40.6. The molecule has 0 bridgehead atoms. The van der Waals surface area contributed by atoms with E-state index in [-0.39, 0.29) is 83.2 Å². The first-order valence-electron chi connectivity index (χ1n) is 16.6. The van der Waals surface area contributed by atoms with Gasteiger partial charge >= 0.3 is 0 Å². The number of guanidine groups is 1.